The number of nitrogens with zero attached hydrogens (tertiary/aromatic N) is 3. The largest absolute Gasteiger partial charge is 0.384 e. The zero-order valence-electron chi connectivity index (χ0n) is 13.3. The van der Waals surface area contributed by atoms with Crippen LogP contribution >= 0.6 is 0 Å². The highest BCUT2D eigenvalue weighted by Gasteiger charge is 2.30. The number of pyridine rings is 1. The van der Waals surface area contributed by atoms with Crippen LogP contribution < -0.4 is 5.73 Å². The van der Waals surface area contributed by atoms with Crippen molar-refractivity contribution < 1.29 is 14.1 Å². The number of nitrogens with two attached hydrogens (primary N) is 1. The number of rotatable bonds is 3. The number of aryl methyl sites for hydroxylation is 2. The Hall–Kier alpha value is -2.41. The summed E-state index contributed by atoms with van der Waals surface area (Å²) in [6.45, 7) is 5.14. The maximum atomic E-state index is 12.8. The van der Waals surface area contributed by atoms with Gasteiger partial charge < -0.3 is 19.9 Å². The average molecular weight is 316 g/mol. The van der Waals surface area contributed by atoms with E-state index in [1.165, 1.54) is 0 Å². The molecule has 7 nitrogen and oxygen atoms in total. The van der Waals surface area contributed by atoms with Crippen LogP contribution in [0.4, 0.5) is 5.82 Å². The SMILES string of the molecule is CCc1noc(C)c1C(=O)N1CCO[C@@H](c2cccc(N)n2)C1. The molecule has 1 aliphatic heterocycles. The molecular formula is C16H20N4O3. The summed E-state index contributed by atoms with van der Waals surface area (Å²) < 4.78 is 10.9. The maximum absolute atomic E-state index is 12.8. The molecular weight excluding hydrogens is 296 g/mol. The first-order valence-electron chi connectivity index (χ1n) is 7.68. The van der Waals surface area contributed by atoms with Gasteiger partial charge in [0.2, 0.25) is 0 Å². The van der Waals surface area contributed by atoms with E-state index in [-0.39, 0.29) is 12.0 Å². The Morgan fingerprint density at radius 2 is 2.30 bits per heavy atom. The smallest absolute Gasteiger partial charge is 0.259 e. The number of anilines is 1. The van der Waals surface area contributed by atoms with Gasteiger partial charge in [0.25, 0.3) is 5.91 Å². The molecule has 3 heterocycles. The van der Waals surface area contributed by atoms with E-state index in [0.29, 0.717) is 49.0 Å². The van der Waals surface area contributed by atoms with Crippen LogP contribution in [0, 0.1) is 6.92 Å². The number of carbonyl (C=O) groups is 1. The highest BCUT2D eigenvalue weighted by Crippen LogP contribution is 2.24. The van der Waals surface area contributed by atoms with E-state index in [0.717, 1.165) is 5.69 Å². The summed E-state index contributed by atoms with van der Waals surface area (Å²) in [5.74, 6) is 0.924. The first-order valence-corrected chi connectivity index (χ1v) is 7.68. The molecule has 1 amide bonds. The summed E-state index contributed by atoms with van der Waals surface area (Å²) in [6.07, 6.45) is 0.379. The van der Waals surface area contributed by atoms with Gasteiger partial charge in [0.1, 0.15) is 23.2 Å². The molecule has 122 valence electrons. The maximum Gasteiger partial charge on any atom is 0.259 e. The summed E-state index contributed by atoms with van der Waals surface area (Å²) in [7, 11) is 0. The lowest BCUT2D eigenvalue weighted by molar-refractivity contribution is -0.0247. The average Bonchev–Trinajstić information content (AvgIpc) is 2.95. The van der Waals surface area contributed by atoms with Crippen molar-refractivity contribution in [3.8, 4) is 0 Å². The molecule has 2 N–H and O–H groups in total. The first-order chi connectivity index (χ1) is 11.1. The topological polar surface area (TPSA) is 94.5 Å². The second kappa shape index (κ2) is 6.37. The van der Waals surface area contributed by atoms with Crippen LogP contribution in [0.15, 0.2) is 22.7 Å². The molecule has 0 radical (unpaired) electrons. The Kier molecular flexibility index (Phi) is 4.29. The standard InChI is InChI=1S/C16H20N4O3/c1-3-11-15(10(2)23-19-11)16(21)20-7-8-22-13(9-20)12-5-4-6-14(17)18-12/h4-6,13H,3,7-9H2,1-2H3,(H2,17,18)/t13-/m1/s1. The zero-order chi connectivity index (χ0) is 16.4. The van der Waals surface area contributed by atoms with E-state index in [4.69, 9.17) is 15.0 Å². The van der Waals surface area contributed by atoms with Gasteiger partial charge in [-0.05, 0) is 25.5 Å². The lowest BCUT2D eigenvalue weighted by atomic mass is 10.1. The third-order valence-corrected chi connectivity index (χ3v) is 3.96. The fourth-order valence-corrected chi connectivity index (χ4v) is 2.75. The molecule has 1 atom stereocenters. The molecule has 0 aromatic carbocycles. The lowest BCUT2D eigenvalue weighted by Crippen LogP contribution is -2.42. The molecule has 1 fully saturated rings. The van der Waals surface area contributed by atoms with Gasteiger partial charge in [-0.3, -0.25) is 4.79 Å². The van der Waals surface area contributed by atoms with E-state index in [1.807, 2.05) is 19.1 Å². The van der Waals surface area contributed by atoms with Gasteiger partial charge in [-0.1, -0.05) is 18.1 Å². The number of carbonyl (C=O) groups excluding carboxylic acids is 1. The molecule has 7 heteroatoms. The van der Waals surface area contributed by atoms with Crippen LogP contribution in [0.25, 0.3) is 0 Å². The molecule has 0 unspecified atom stereocenters. The molecule has 0 aliphatic carbocycles. The highest BCUT2D eigenvalue weighted by molar-refractivity contribution is 5.96. The van der Waals surface area contributed by atoms with E-state index in [9.17, 15) is 4.79 Å². The van der Waals surface area contributed by atoms with Crippen LogP contribution in [0.3, 0.4) is 0 Å². The summed E-state index contributed by atoms with van der Waals surface area (Å²) in [5.41, 5.74) is 7.72. The van der Waals surface area contributed by atoms with Crippen LogP contribution in [-0.4, -0.2) is 40.6 Å². The van der Waals surface area contributed by atoms with E-state index >= 15 is 0 Å². The number of hydrogen-bond acceptors (Lipinski definition) is 6. The summed E-state index contributed by atoms with van der Waals surface area (Å²) >= 11 is 0. The van der Waals surface area contributed by atoms with Crippen LogP contribution in [0.2, 0.25) is 0 Å². The minimum Gasteiger partial charge on any atom is -0.384 e. The molecule has 0 bridgehead atoms. The van der Waals surface area contributed by atoms with Crippen molar-refractivity contribution in [2.24, 2.45) is 0 Å². The quantitative estimate of drug-likeness (QED) is 0.927. The van der Waals surface area contributed by atoms with Crippen LogP contribution in [0.1, 0.15) is 40.5 Å². The third-order valence-electron chi connectivity index (χ3n) is 3.96. The van der Waals surface area contributed by atoms with Gasteiger partial charge in [0.05, 0.1) is 24.5 Å². The van der Waals surface area contributed by atoms with Crippen molar-refractivity contribution in [2.45, 2.75) is 26.4 Å². The third kappa shape index (κ3) is 3.05. The molecule has 0 saturated carbocycles. The van der Waals surface area contributed by atoms with Gasteiger partial charge in [0, 0.05) is 6.54 Å². The predicted octanol–water partition coefficient (Wildman–Crippen LogP) is 1.74. The second-order valence-corrected chi connectivity index (χ2v) is 5.51. The van der Waals surface area contributed by atoms with Crippen LogP contribution in [0.5, 0.6) is 0 Å². The number of ether oxygens (including phenoxy) is 1. The van der Waals surface area contributed by atoms with E-state index in [1.54, 1.807) is 17.9 Å². The summed E-state index contributed by atoms with van der Waals surface area (Å²) in [5, 5.41) is 3.96. The molecule has 23 heavy (non-hydrogen) atoms. The van der Waals surface area contributed by atoms with Crippen LogP contribution in [-0.2, 0) is 11.2 Å². The number of nitrogen functional groups attached to an aromatic ring is 1. The second-order valence-electron chi connectivity index (χ2n) is 5.51. The number of aromatic nitrogens is 2. The van der Waals surface area contributed by atoms with Gasteiger partial charge in [0.15, 0.2) is 0 Å². The number of hydrogen-bond donors (Lipinski definition) is 1. The zero-order valence-corrected chi connectivity index (χ0v) is 13.3. The molecule has 1 aliphatic rings. The monoisotopic (exact) mass is 316 g/mol. The van der Waals surface area contributed by atoms with Gasteiger partial charge in [-0.2, -0.15) is 0 Å². The molecule has 0 spiro atoms. The van der Waals surface area contributed by atoms with Crippen molar-refractivity contribution in [3.05, 3.63) is 40.9 Å². The lowest BCUT2D eigenvalue weighted by Gasteiger charge is -2.32. The summed E-state index contributed by atoms with van der Waals surface area (Å²) in [6, 6.07) is 5.42. The van der Waals surface area contributed by atoms with Gasteiger partial charge in [-0.15, -0.1) is 0 Å². The molecule has 3 rings (SSSR count). The van der Waals surface area contributed by atoms with Crippen molar-refractivity contribution >= 4 is 11.7 Å². The Labute approximate surface area is 134 Å². The summed E-state index contributed by atoms with van der Waals surface area (Å²) in [4.78, 5) is 18.9. The van der Waals surface area contributed by atoms with Gasteiger partial charge >= 0.3 is 0 Å². The van der Waals surface area contributed by atoms with Crippen molar-refractivity contribution in [2.75, 3.05) is 25.4 Å². The molecule has 2 aromatic rings. The normalized spacial score (nSPS) is 18.2. The first kappa shape index (κ1) is 15.5. The molecule has 2 aromatic heterocycles. The number of amides is 1. The Morgan fingerprint density at radius 1 is 1.48 bits per heavy atom. The Balaban J connectivity index is 1.81. The fraction of sp³-hybridized carbons (Fsp3) is 0.438. The van der Waals surface area contributed by atoms with Crippen molar-refractivity contribution in [1.29, 1.82) is 0 Å². The minimum atomic E-state index is -0.276. The van der Waals surface area contributed by atoms with E-state index in [2.05, 4.69) is 10.1 Å². The fourth-order valence-electron chi connectivity index (χ4n) is 2.75. The number of morpholine rings is 1. The predicted molar refractivity (Wildman–Crippen MR) is 83.9 cm³/mol. The van der Waals surface area contributed by atoms with E-state index < -0.39 is 0 Å². The van der Waals surface area contributed by atoms with Gasteiger partial charge in [-0.25, -0.2) is 4.98 Å². The Morgan fingerprint density at radius 3 is 3.04 bits per heavy atom. The highest BCUT2D eigenvalue weighted by atomic mass is 16.5. The molecule has 1 saturated heterocycles. The Bertz CT molecular complexity index is 713. The van der Waals surface area contributed by atoms with Crippen molar-refractivity contribution in [1.82, 2.24) is 15.0 Å². The minimum absolute atomic E-state index is 0.0715. The van der Waals surface area contributed by atoms with Crippen molar-refractivity contribution in [3.63, 3.8) is 0 Å².